The van der Waals surface area contributed by atoms with Crippen LogP contribution in [0.15, 0.2) is 84.9 Å². The summed E-state index contributed by atoms with van der Waals surface area (Å²) in [6.07, 6.45) is 9.22. The van der Waals surface area contributed by atoms with Crippen LogP contribution in [0.25, 0.3) is 0 Å². The second-order valence-corrected chi connectivity index (χ2v) is 15.5. The maximum atomic E-state index is 14.3. The minimum Gasteiger partial charge on any atom is -0.355 e. The number of hydrogen-bond acceptors (Lipinski definition) is 4. The summed E-state index contributed by atoms with van der Waals surface area (Å²) in [5.74, 6) is 1.74. The number of sulfonamides is 1. The van der Waals surface area contributed by atoms with E-state index in [1.165, 1.54) is 53.3 Å². The Labute approximate surface area is 268 Å². The second-order valence-electron chi connectivity index (χ2n) is 13.6. The molecule has 0 spiro atoms. The molecule has 1 unspecified atom stereocenters. The Hall–Kier alpha value is -3.65. The summed E-state index contributed by atoms with van der Waals surface area (Å²) in [7, 11) is -3.81. The summed E-state index contributed by atoms with van der Waals surface area (Å²) >= 11 is 0. The maximum Gasteiger partial charge on any atom is 0.244 e. The van der Waals surface area contributed by atoms with Crippen molar-refractivity contribution in [2.24, 2.45) is 17.8 Å². The first-order valence-electron chi connectivity index (χ1n) is 16.4. The van der Waals surface area contributed by atoms with Crippen LogP contribution in [0.4, 0.5) is 5.69 Å². The lowest BCUT2D eigenvalue weighted by Gasteiger charge is -2.57. The third-order valence-electron chi connectivity index (χ3n) is 10.3. The molecule has 1 N–H and O–H groups in total. The lowest BCUT2D eigenvalue weighted by atomic mass is 9.48. The highest BCUT2D eigenvalue weighted by molar-refractivity contribution is 7.92. The van der Waals surface area contributed by atoms with E-state index < -0.39 is 28.5 Å². The van der Waals surface area contributed by atoms with Crippen LogP contribution in [0.3, 0.4) is 0 Å². The predicted octanol–water partition coefficient (Wildman–Crippen LogP) is 5.70. The Bertz CT molecular complexity index is 1560. The van der Waals surface area contributed by atoms with Gasteiger partial charge in [0.15, 0.2) is 0 Å². The van der Waals surface area contributed by atoms with Crippen LogP contribution in [0.2, 0.25) is 0 Å². The van der Waals surface area contributed by atoms with Gasteiger partial charge in [0.2, 0.25) is 21.8 Å². The van der Waals surface area contributed by atoms with Crippen molar-refractivity contribution in [3.8, 4) is 0 Å². The van der Waals surface area contributed by atoms with Gasteiger partial charge in [-0.25, -0.2) is 8.42 Å². The molecule has 0 aromatic heterocycles. The van der Waals surface area contributed by atoms with Crippen LogP contribution in [0.1, 0.15) is 62.1 Å². The third-order valence-corrected chi connectivity index (χ3v) is 11.4. The minimum absolute atomic E-state index is 0.177. The molecule has 45 heavy (non-hydrogen) atoms. The number of carbonyl (C=O) groups excluding carboxylic acids is 2. The molecule has 4 bridgehead atoms. The lowest BCUT2D eigenvalue weighted by Crippen LogP contribution is -2.53. The van der Waals surface area contributed by atoms with Crippen molar-refractivity contribution >= 4 is 27.5 Å². The summed E-state index contributed by atoms with van der Waals surface area (Å²) in [6, 6.07) is 26.2. The Morgan fingerprint density at radius 3 is 1.87 bits per heavy atom. The molecular formula is C37H45N3O4S. The summed E-state index contributed by atoms with van der Waals surface area (Å²) < 4.78 is 27.6. The molecule has 4 fully saturated rings. The molecule has 4 aliphatic rings. The highest BCUT2D eigenvalue weighted by Gasteiger charge is 2.51. The van der Waals surface area contributed by atoms with Gasteiger partial charge in [-0.2, -0.15) is 0 Å². The third kappa shape index (κ3) is 6.96. The van der Waals surface area contributed by atoms with E-state index in [9.17, 15) is 18.0 Å². The molecule has 0 radical (unpaired) electrons. The van der Waals surface area contributed by atoms with Crippen molar-refractivity contribution in [2.45, 2.75) is 69.9 Å². The van der Waals surface area contributed by atoms with Crippen molar-refractivity contribution in [3.63, 3.8) is 0 Å². The molecule has 3 aromatic carbocycles. The smallest absolute Gasteiger partial charge is 0.244 e. The van der Waals surface area contributed by atoms with Gasteiger partial charge in [0.05, 0.1) is 11.9 Å². The highest BCUT2D eigenvalue weighted by Crippen LogP contribution is 2.60. The number of amides is 2. The molecule has 0 saturated heterocycles. The molecule has 238 valence electrons. The van der Waals surface area contributed by atoms with Gasteiger partial charge >= 0.3 is 0 Å². The number of likely N-dealkylation sites (N-methyl/N-ethyl adjacent to an activating group) is 1. The van der Waals surface area contributed by atoms with Crippen molar-refractivity contribution in [1.29, 1.82) is 0 Å². The predicted molar refractivity (Wildman–Crippen MR) is 178 cm³/mol. The summed E-state index contributed by atoms with van der Waals surface area (Å²) in [4.78, 5) is 29.3. The van der Waals surface area contributed by atoms with Crippen molar-refractivity contribution in [2.75, 3.05) is 23.7 Å². The molecule has 7 nitrogen and oxygen atoms in total. The quantitative estimate of drug-likeness (QED) is 0.279. The van der Waals surface area contributed by atoms with E-state index in [-0.39, 0.29) is 17.9 Å². The first kappa shape index (κ1) is 31.3. The monoisotopic (exact) mass is 627 g/mol. The Morgan fingerprint density at radius 2 is 1.36 bits per heavy atom. The fraction of sp³-hybridized carbons (Fsp3) is 0.459. The average Bonchev–Trinajstić information content (AvgIpc) is 3.01. The number of hydrogen-bond donors (Lipinski definition) is 1. The maximum absolute atomic E-state index is 14.3. The zero-order chi connectivity index (χ0) is 31.6. The summed E-state index contributed by atoms with van der Waals surface area (Å²) in [5.41, 5.74) is 3.74. The van der Waals surface area contributed by atoms with Gasteiger partial charge < -0.3 is 10.2 Å². The van der Waals surface area contributed by atoms with E-state index in [2.05, 4.69) is 17.4 Å². The number of nitrogens with zero attached hydrogens (tertiary/aromatic N) is 2. The Morgan fingerprint density at radius 1 is 0.822 bits per heavy atom. The zero-order valence-electron chi connectivity index (χ0n) is 26.4. The molecular weight excluding hydrogens is 582 g/mol. The largest absolute Gasteiger partial charge is 0.355 e. The van der Waals surface area contributed by atoms with E-state index >= 15 is 0 Å². The van der Waals surface area contributed by atoms with E-state index in [4.69, 9.17) is 0 Å². The van der Waals surface area contributed by atoms with Gasteiger partial charge in [0, 0.05) is 19.5 Å². The molecule has 4 saturated carbocycles. The van der Waals surface area contributed by atoms with Gasteiger partial charge in [-0.1, -0.05) is 72.8 Å². The number of carbonyl (C=O) groups is 2. The van der Waals surface area contributed by atoms with E-state index in [1.807, 2.05) is 79.7 Å². The molecule has 3 aromatic rings. The Kier molecular flexibility index (Phi) is 9.05. The highest BCUT2D eigenvalue weighted by atomic mass is 32.2. The number of anilines is 1. The van der Waals surface area contributed by atoms with Crippen LogP contribution in [0.5, 0.6) is 0 Å². The van der Waals surface area contributed by atoms with Crippen LogP contribution < -0.4 is 9.62 Å². The van der Waals surface area contributed by atoms with Gasteiger partial charge in [-0.15, -0.1) is 0 Å². The van der Waals surface area contributed by atoms with E-state index in [0.29, 0.717) is 18.7 Å². The number of nitrogens with one attached hydrogen (secondary N) is 1. The standard InChI is InChI=1S/C37H45N3O4S/c1-3-38-36(42)34(21-27-10-6-4-7-11-27)39(25-28-12-8-5-9-13-28)35(41)26-40(45(2,43)44)33-16-14-32(15-17-33)37-22-29-18-30(23-37)20-31(19-29)24-37/h4-17,29-31,34H,3,18-26H2,1-2H3,(H,38,42). The fourth-order valence-electron chi connectivity index (χ4n) is 8.69. The summed E-state index contributed by atoms with van der Waals surface area (Å²) in [6.45, 7) is 2.05. The molecule has 0 heterocycles. The number of benzene rings is 3. The number of rotatable bonds is 12. The fourth-order valence-corrected chi connectivity index (χ4v) is 9.53. The first-order valence-corrected chi connectivity index (χ1v) is 18.2. The van der Waals surface area contributed by atoms with Crippen LogP contribution >= 0.6 is 0 Å². The normalized spacial score (nSPS) is 24.2. The SMILES string of the molecule is CCNC(=O)C(Cc1ccccc1)N(Cc1ccccc1)C(=O)CN(c1ccc(C23CC4CC(CC(C4)C2)C3)cc1)S(C)(=O)=O. The molecule has 1 atom stereocenters. The zero-order valence-corrected chi connectivity index (χ0v) is 27.2. The minimum atomic E-state index is -3.81. The first-order chi connectivity index (χ1) is 21.6. The summed E-state index contributed by atoms with van der Waals surface area (Å²) in [5, 5.41) is 2.90. The van der Waals surface area contributed by atoms with E-state index in [1.54, 1.807) is 0 Å². The van der Waals surface area contributed by atoms with Gasteiger partial charge in [0.1, 0.15) is 12.6 Å². The molecule has 0 aliphatic heterocycles. The average molecular weight is 628 g/mol. The topological polar surface area (TPSA) is 86.8 Å². The van der Waals surface area contributed by atoms with Gasteiger partial charge in [0.25, 0.3) is 0 Å². The lowest BCUT2D eigenvalue weighted by molar-refractivity contribution is -0.140. The van der Waals surface area contributed by atoms with E-state index in [0.717, 1.165) is 35.1 Å². The van der Waals surface area contributed by atoms with Gasteiger partial charge in [-0.3, -0.25) is 13.9 Å². The Balaban J connectivity index is 1.29. The molecule has 4 aliphatic carbocycles. The second kappa shape index (κ2) is 13.0. The van der Waals surface area contributed by atoms with Crippen LogP contribution in [0, 0.1) is 17.8 Å². The van der Waals surface area contributed by atoms with Crippen LogP contribution in [-0.4, -0.2) is 50.5 Å². The van der Waals surface area contributed by atoms with Gasteiger partial charge in [-0.05, 0) is 97.4 Å². The van der Waals surface area contributed by atoms with Crippen molar-refractivity contribution in [3.05, 3.63) is 102 Å². The van der Waals surface area contributed by atoms with Crippen molar-refractivity contribution in [1.82, 2.24) is 10.2 Å². The molecule has 7 rings (SSSR count). The van der Waals surface area contributed by atoms with Crippen LogP contribution in [-0.2, 0) is 38.0 Å². The molecule has 2 amide bonds. The van der Waals surface area contributed by atoms with Crippen molar-refractivity contribution < 1.29 is 18.0 Å². The molecule has 8 heteroatoms.